The molecule has 1 aromatic rings. The average Bonchev–Trinajstić information content (AvgIpc) is 2.26. The van der Waals surface area contributed by atoms with E-state index in [4.69, 9.17) is 9.47 Å². The van der Waals surface area contributed by atoms with Gasteiger partial charge in [0.2, 0.25) is 0 Å². The second-order valence-electron chi connectivity index (χ2n) is 4.60. The lowest BCUT2D eigenvalue weighted by molar-refractivity contribution is 0.167. The maximum absolute atomic E-state index is 12.0. The monoisotopic (exact) mass is 288 g/mol. The van der Waals surface area contributed by atoms with E-state index in [1.165, 1.54) is 7.11 Å². The van der Waals surface area contributed by atoms with Crippen molar-refractivity contribution in [2.45, 2.75) is 19.6 Å². The van der Waals surface area contributed by atoms with Gasteiger partial charge in [-0.25, -0.2) is 13.4 Å². The number of aromatic nitrogens is 2. The lowest BCUT2D eigenvalue weighted by atomic mass is 10.2. The van der Waals surface area contributed by atoms with E-state index in [1.54, 1.807) is 20.1 Å². The van der Waals surface area contributed by atoms with E-state index in [1.807, 2.05) is 6.92 Å². The van der Waals surface area contributed by atoms with Crippen LogP contribution in [-0.2, 0) is 20.3 Å². The summed E-state index contributed by atoms with van der Waals surface area (Å²) in [5.74, 6) is -0.0766. The van der Waals surface area contributed by atoms with Crippen molar-refractivity contribution in [3.05, 3.63) is 17.5 Å². The molecule has 0 amide bonds. The SMILES string of the molecule is COCC(C)CS(=O)(=O)Cc1cc(C)nc(OC)n1. The molecule has 7 heteroatoms. The molecule has 0 saturated heterocycles. The highest BCUT2D eigenvalue weighted by atomic mass is 32.2. The first-order valence-corrected chi connectivity index (χ1v) is 7.76. The van der Waals surface area contributed by atoms with Gasteiger partial charge < -0.3 is 9.47 Å². The molecular weight excluding hydrogens is 268 g/mol. The number of hydrogen-bond acceptors (Lipinski definition) is 6. The van der Waals surface area contributed by atoms with Crippen LogP contribution in [0.5, 0.6) is 6.01 Å². The Morgan fingerprint density at radius 2 is 2.00 bits per heavy atom. The number of hydrogen-bond donors (Lipinski definition) is 0. The molecule has 19 heavy (non-hydrogen) atoms. The molecule has 0 radical (unpaired) electrons. The zero-order valence-corrected chi connectivity index (χ0v) is 12.5. The van der Waals surface area contributed by atoms with Crippen LogP contribution in [0.2, 0.25) is 0 Å². The number of sulfone groups is 1. The highest BCUT2D eigenvalue weighted by molar-refractivity contribution is 7.90. The van der Waals surface area contributed by atoms with Gasteiger partial charge in [-0.05, 0) is 18.9 Å². The van der Waals surface area contributed by atoms with E-state index < -0.39 is 9.84 Å². The third-order valence-corrected chi connectivity index (χ3v) is 4.24. The molecule has 108 valence electrons. The van der Waals surface area contributed by atoms with Crippen molar-refractivity contribution >= 4 is 9.84 Å². The number of aryl methyl sites for hydroxylation is 1. The lowest BCUT2D eigenvalue weighted by Gasteiger charge is -2.11. The topological polar surface area (TPSA) is 78.4 Å². The van der Waals surface area contributed by atoms with Gasteiger partial charge in [-0.3, -0.25) is 0 Å². The standard InChI is InChI=1S/C12H20N2O4S/c1-9(6-17-3)7-19(15,16)8-11-5-10(2)13-12(14-11)18-4/h5,9H,6-8H2,1-4H3. The molecule has 0 aliphatic rings. The third-order valence-electron chi connectivity index (χ3n) is 2.43. The van der Waals surface area contributed by atoms with Crippen LogP contribution in [0.3, 0.4) is 0 Å². The maximum Gasteiger partial charge on any atom is 0.316 e. The van der Waals surface area contributed by atoms with Crippen LogP contribution >= 0.6 is 0 Å². The van der Waals surface area contributed by atoms with Gasteiger partial charge in [0, 0.05) is 19.4 Å². The third kappa shape index (κ3) is 5.52. The van der Waals surface area contributed by atoms with Gasteiger partial charge >= 0.3 is 6.01 Å². The summed E-state index contributed by atoms with van der Waals surface area (Å²) >= 11 is 0. The molecule has 1 heterocycles. The minimum absolute atomic E-state index is 0.0418. The van der Waals surface area contributed by atoms with E-state index in [0.29, 0.717) is 18.0 Å². The van der Waals surface area contributed by atoms with Crippen LogP contribution in [0, 0.1) is 12.8 Å². The van der Waals surface area contributed by atoms with Gasteiger partial charge in [-0.1, -0.05) is 6.92 Å². The summed E-state index contributed by atoms with van der Waals surface area (Å²) in [4.78, 5) is 8.07. The van der Waals surface area contributed by atoms with Crippen LogP contribution in [0.15, 0.2) is 6.07 Å². The molecule has 0 aromatic carbocycles. The van der Waals surface area contributed by atoms with Crippen LogP contribution in [0.25, 0.3) is 0 Å². The van der Waals surface area contributed by atoms with Crippen molar-refractivity contribution in [2.75, 3.05) is 26.6 Å². The fraction of sp³-hybridized carbons (Fsp3) is 0.667. The molecule has 0 aliphatic heterocycles. The summed E-state index contributed by atoms with van der Waals surface area (Å²) in [6.07, 6.45) is 0. The summed E-state index contributed by atoms with van der Waals surface area (Å²) in [7, 11) is -0.214. The van der Waals surface area contributed by atoms with E-state index in [-0.39, 0.29) is 23.4 Å². The Balaban J connectivity index is 2.80. The van der Waals surface area contributed by atoms with E-state index in [0.717, 1.165) is 0 Å². The maximum atomic E-state index is 12.0. The quantitative estimate of drug-likeness (QED) is 0.744. The van der Waals surface area contributed by atoms with E-state index in [9.17, 15) is 8.42 Å². The van der Waals surface area contributed by atoms with Gasteiger partial charge in [-0.15, -0.1) is 0 Å². The molecule has 1 rings (SSSR count). The van der Waals surface area contributed by atoms with Gasteiger partial charge in [0.15, 0.2) is 9.84 Å². The summed E-state index contributed by atoms with van der Waals surface area (Å²) in [5.41, 5.74) is 1.14. The average molecular weight is 288 g/mol. The fourth-order valence-electron chi connectivity index (χ4n) is 1.82. The van der Waals surface area contributed by atoms with E-state index >= 15 is 0 Å². The van der Waals surface area contributed by atoms with Crippen molar-refractivity contribution in [3.63, 3.8) is 0 Å². The number of methoxy groups -OCH3 is 2. The first-order chi connectivity index (χ1) is 8.86. The molecule has 0 bridgehead atoms. The Kier molecular flexibility index (Phi) is 5.68. The van der Waals surface area contributed by atoms with Crippen LogP contribution in [-0.4, -0.2) is 45.0 Å². The molecule has 0 fully saturated rings. The Bertz CT molecular complexity index is 516. The fourth-order valence-corrected chi connectivity index (χ4v) is 3.50. The van der Waals surface area contributed by atoms with Crippen LogP contribution in [0.1, 0.15) is 18.3 Å². The Labute approximate surface area is 114 Å². The normalized spacial score (nSPS) is 13.3. The van der Waals surface area contributed by atoms with Crippen molar-refractivity contribution in [1.82, 2.24) is 9.97 Å². The minimum atomic E-state index is -3.22. The molecular formula is C12H20N2O4S. The summed E-state index contributed by atoms with van der Waals surface area (Å²) in [5, 5.41) is 0. The van der Waals surface area contributed by atoms with Gasteiger partial charge in [0.05, 0.1) is 24.3 Å². The highest BCUT2D eigenvalue weighted by Crippen LogP contribution is 2.12. The summed E-state index contributed by atoms with van der Waals surface area (Å²) < 4.78 is 34.0. The smallest absolute Gasteiger partial charge is 0.316 e. The second kappa shape index (κ2) is 6.81. The van der Waals surface area contributed by atoms with Crippen molar-refractivity contribution in [1.29, 1.82) is 0 Å². The summed E-state index contributed by atoms with van der Waals surface area (Å²) in [6, 6.07) is 1.84. The molecule has 1 atom stereocenters. The lowest BCUT2D eigenvalue weighted by Crippen LogP contribution is -2.19. The van der Waals surface area contributed by atoms with Crippen LogP contribution in [0.4, 0.5) is 0 Å². The molecule has 0 spiro atoms. The predicted octanol–water partition coefficient (Wildman–Crippen LogP) is 0.991. The number of ether oxygens (including phenoxy) is 2. The zero-order valence-electron chi connectivity index (χ0n) is 11.7. The number of nitrogens with zero attached hydrogens (tertiary/aromatic N) is 2. The largest absolute Gasteiger partial charge is 0.467 e. The molecule has 1 unspecified atom stereocenters. The van der Waals surface area contributed by atoms with Crippen molar-refractivity contribution < 1.29 is 17.9 Å². The minimum Gasteiger partial charge on any atom is -0.467 e. The predicted molar refractivity (Wildman–Crippen MR) is 71.9 cm³/mol. The van der Waals surface area contributed by atoms with Gasteiger partial charge in [0.25, 0.3) is 0 Å². The number of rotatable bonds is 7. The van der Waals surface area contributed by atoms with Crippen molar-refractivity contribution in [3.8, 4) is 6.01 Å². The van der Waals surface area contributed by atoms with E-state index in [2.05, 4.69) is 9.97 Å². The first-order valence-electron chi connectivity index (χ1n) is 5.94. The molecule has 0 N–H and O–H groups in total. The molecule has 1 aromatic heterocycles. The Hall–Kier alpha value is -1.21. The Morgan fingerprint density at radius 3 is 2.58 bits per heavy atom. The summed E-state index contributed by atoms with van der Waals surface area (Å²) in [6.45, 7) is 4.03. The highest BCUT2D eigenvalue weighted by Gasteiger charge is 2.18. The Morgan fingerprint density at radius 1 is 1.32 bits per heavy atom. The van der Waals surface area contributed by atoms with Crippen LogP contribution < -0.4 is 4.74 Å². The zero-order chi connectivity index (χ0) is 14.5. The van der Waals surface area contributed by atoms with Gasteiger partial charge in [0.1, 0.15) is 0 Å². The molecule has 0 aliphatic carbocycles. The van der Waals surface area contributed by atoms with Crippen molar-refractivity contribution in [2.24, 2.45) is 5.92 Å². The van der Waals surface area contributed by atoms with Gasteiger partial charge in [-0.2, -0.15) is 4.98 Å². The second-order valence-corrected chi connectivity index (χ2v) is 6.71. The molecule has 0 saturated carbocycles. The first kappa shape index (κ1) is 15.8. The molecule has 6 nitrogen and oxygen atoms in total.